The van der Waals surface area contributed by atoms with Gasteiger partial charge in [0, 0.05) is 34.6 Å². The van der Waals surface area contributed by atoms with Gasteiger partial charge in [-0.1, -0.05) is 181 Å². The van der Waals surface area contributed by atoms with Crippen molar-refractivity contribution >= 4 is 109 Å². The molecule has 0 atom stereocenters. The molecule has 0 fully saturated rings. The lowest BCUT2D eigenvalue weighted by Gasteiger charge is -2.50. The molecular formula is C53H37B2N3Si. The van der Waals surface area contributed by atoms with Crippen molar-refractivity contribution in [1.82, 2.24) is 4.98 Å². The van der Waals surface area contributed by atoms with Crippen LogP contribution in [0.5, 0.6) is 0 Å². The molecule has 0 saturated heterocycles. The number of para-hydroxylation sites is 3. The van der Waals surface area contributed by atoms with E-state index in [1.54, 1.807) is 0 Å². The fraction of sp³-hybridized carbons (Fsp3) is 0. The van der Waals surface area contributed by atoms with Crippen LogP contribution in [0.3, 0.4) is 0 Å². The first-order valence-corrected chi connectivity index (χ1v) is 22.5. The van der Waals surface area contributed by atoms with Crippen molar-refractivity contribution < 1.29 is 0 Å². The van der Waals surface area contributed by atoms with E-state index in [0.717, 1.165) is 11.4 Å². The van der Waals surface area contributed by atoms with E-state index in [2.05, 4.69) is 222 Å². The van der Waals surface area contributed by atoms with Crippen LogP contribution in [0.25, 0.3) is 0 Å². The van der Waals surface area contributed by atoms with Crippen LogP contribution in [-0.2, 0) is 0 Å². The first kappa shape index (κ1) is 33.9. The molecule has 4 heterocycles. The molecule has 274 valence electrons. The fourth-order valence-corrected chi connectivity index (χ4v) is 16.0. The molecule has 12 rings (SSSR count). The molecule has 0 unspecified atom stereocenters. The molecular weight excluding hydrogens is 728 g/mol. The van der Waals surface area contributed by atoms with Crippen LogP contribution in [-0.4, -0.2) is 26.5 Å². The van der Waals surface area contributed by atoms with Crippen molar-refractivity contribution in [3.05, 3.63) is 225 Å². The lowest BCUT2D eigenvalue weighted by atomic mass is 9.30. The van der Waals surface area contributed by atoms with Crippen molar-refractivity contribution in [1.29, 1.82) is 0 Å². The highest BCUT2D eigenvalue weighted by Gasteiger charge is 2.55. The Morgan fingerprint density at radius 3 is 1.56 bits per heavy atom. The average Bonchev–Trinajstić information content (AvgIpc) is 3.32. The SMILES string of the molecule is c1ccc(B2c3ccccc3N(c3ccccc3)c3cc4c5c(c32)N(c2cccnc2)c2ccccc2B5c2ccccc2[Si]4(c2ccccc2)c2ccccc2)cc1. The van der Waals surface area contributed by atoms with Gasteiger partial charge >= 0.3 is 0 Å². The summed E-state index contributed by atoms with van der Waals surface area (Å²) < 4.78 is 0. The number of hydrogen-bond acceptors (Lipinski definition) is 3. The summed E-state index contributed by atoms with van der Waals surface area (Å²) in [6, 6.07) is 79.6. The van der Waals surface area contributed by atoms with E-state index in [0.29, 0.717) is 0 Å². The normalized spacial score (nSPS) is 14.1. The Hall–Kier alpha value is -7.14. The van der Waals surface area contributed by atoms with E-state index in [-0.39, 0.29) is 13.4 Å². The number of anilines is 6. The zero-order valence-electron chi connectivity index (χ0n) is 32.4. The molecule has 0 amide bonds. The van der Waals surface area contributed by atoms with Crippen molar-refractivity contribution in [3.63, 3.8) is 0 Å². The zero-order chi connectivity index (χ0) is 38.9. The van der Waals surface area contributed by atoms with E-state index in [4.69, 9.17) is 4.98 Å². The van der Waals surface area contributed by atoms with Gasteiger partial charge in [0.25, 0.3) is 0 Å². The summed E-state index contributed by atoms with van der Waals surface area (Å²) in [6.45, 7) is -0.0353. The van der Waals surface area contributed by atoms with Crippen molar-refractivity contribution in [2.75, 3.05) is 9.80 Å². The van der Waals surface area contributed by atoms with Crippen molar-refractivity contribution in [3.8, 4) is 0 Å². The van der Waals surface area contributed by atoms with E-state index in [9.17, 15) is 0 Å². The van der Waals surface area contributed by atoms with Crippen LogP contribution in [0.2, 0.25) is 0 Å². The van der Waals surface area contributed by atoms with Gasteiger partial charge in [-0.2, -0.15) is 0 Å². The second-order valence-electron chi connectivity index (χ2n) is 15.8. The number of nitrogens with zero attached hydrogens (tertiary/aromatic N) is 3. The van der Waals surface area contributed by atoms with Gasteiger partial charge in [0.05, 0.1) is 11.9 Å². The Balaban J connectivity index is 1.35. The number of fused-ring (bicyclic) bond motifs is 7. The van der Waals surface area contributed by atoms with E-state index >= 15 is 0 Å². The maximum Gasteiger partial charge on any atom is 0.249 e. The third-order valence-electron chi connectivity index (χ3n) is 12.9. The molecule has 1 aromatic heterocycles. The molecule has 0 spiro atoms. The summed E-state index contributed by atoms with van der Waals surface area (Å²) in [5.41, 5.74) is 15.1. The molecule has 6 heteroatoms. The Morgan fingerprint density at radius 2 is 0.915 bits per heavy atom. The number of aromatic nitrogens is 1. The van der Waals surface area contributed by atoms with Crippen LogP contribution in [0, 0.1) is 0 Å². The number of rotatable bonds is 5. The molecule has 8 aromatic carbocycles. The Labute approximate surface area is 347 Å². The Kier molecular flexibility index (Phi) is 7.75. The fourth-order valence-electron chi connectivity index (χ4n) is 10.8. The smallest absolute Gasteiger partial charge is 0.249 e. The highest BCUT2D eigenvalue weighted by Crippen LogP contribution is 2.42. The van der Waals surface area contributed by atoms with E-state index < -0.39 is 8.07 Å². The predicted octanol–water partition coefficient (Wildman–Crippen LogP) is 5.37. The quantitative estimate of drug-likeness (QED) is 0.220. The lowest BCUT2D eigenvalue weighted by Crippen LogP contribution is -2.88. The van der Waals surface area contributed by atoms with Gasteiger partial charge in [0.15, 0.2) is 8.07 Å². The maximum absolute atomic E-state index is 4.79. The monoisotopic (exact) mass is 765 g/mol. The molecule has 3 aliphatic rings. The van der Waals surface area contributed by atoms with Gasteiger partial charge in [-0.05, 0) is 85.1 Å². The molecule has 3 nitrogen and oxygen atoms in total. The molecule has 3 aliphatic heterocycles. The third kappa shape index (κ3) is 4.87. The van der Waals surface area contributed by atoms with Gasteiger partial charge < -0.3 is 9.80 Å². The zero-order valence-corrected chi connectivity index (χ0v) is 33.4. The van der Waals surface area contributed by atoms with Gasteiger partial charge in [-0.15, -0.1) is 0 Å². The van der Waals surface area contributed by atoms with Gasteiger partial charge in [-0.25, -0.2) is 0 Å². The van der Waals surface area contributed by atoms with Crippen molar-refractivity contribution in [2.45, 2.75) is 0 Å². The first-order valence-electron chi connectivity index (χ1n) is 20.5. The minimum absolute atomic E-state index is 0.0115. The molecule has 9 aromatic rings. The van der Waals surface area contributed by atoms with Crippen LogP contribution in [0.1, 0.15) is 0 Å². The maximum atomic E-state index is 4.79. The summed E-state index contributed by atoms with van der Waals surface area (Å²) in [4.78, 5) is 9.90. The summed E-state index contributed by atoms with van der Waals surface area (Å²) in [5.74, 6) is 0. The highest BCUT2D eigenvalue weighted by atomic mass is 28.3. The summed E-state index contributed by atoms with van der Waals surface area (Å²) >= 11 is 0. The number of pyridine rings is 1. The predicted molar refractivity (Wildman–Crippen MR) is 253 cm³/mol. The molecule has 59 heavy (non-hydrogen) atoms. The van der Waals surface area contributed by atoms with Gasteiger partial charge in [0.1, 0.15) is 0 Å². The molecule has 0 saturated carbocycles. The van der Waals surface area contributed by atoms with E-state index in [1.165, 1.54) is 76.3 Å². The number of hydrogen-bond donors (Lipinski definition) is 0. The van der Waals surface area contributed by atoms with Gasteiger partial charge in [0.2, 0.25) is 13.4 Å². The molecule has 0 N–H and O–H groups in total. The van der Waals surface area contributed by atoms with Crippen molar-refractivity contribution in [2.24, 2.45) is 0 Å². The van der Waals surface area contributed by atoms with Crippen LogP contribution >= 0.6 is 0 Å². The first-order chi connectivity index (χ1) is 29.3. The second kappa shape index (κ2) is 13.5. The third-order valence-corrected chi connectivity index (χ3v) is 17.8. The van der Waals surface area contributed by atoms with E-state index in [1.807, 2.05) is 12.4 Å². The standard InChI is InChI=1S/C53H37B2N3Si/c1-5-20-38(21-6-1)54-43-29-13-16-32-46(43)57(39-22-7-2-8-23-39)48-36-50-52-53(51(48)54)58(40-24-19-35-56-37-40)47-33-17-14-30-44(47)55(52)45-31-15-18-34-49(45)59(50,41-25-9-3-10-26-41)42-27-11-4-12-28-42/h1-37H. The van der Waals surface area contributed by atoms with Crippen LogP contribution in [0.4, 0.5) is 34.1 Å². The topological polar surface area (TPSA) is 19.4 Å². The average molecular weight is 766 g/mol. The molecule has 0 radical (unpaired) electrons. The van der Waals surface area contributed by atoms with Crippen LogP contribution in [0.15, 0.2) is 225 Å². The molecule has 0 aliphatic carbocycles. The number of benzene rings is 8. The highest BCUT2D eigenvalue weighted by molar-refractivity contribution is 7.27. The van der Waals surface area contributed by atoms with Crippen LogP contribution < -0.4 is 63.3 Å². The largest absolute Gasteiger partial charge is 0.311 e. The Morgan fingerprint density at radius 1 is 0.390 bits per heavy atom. The minimum Gasteiger partial charge on any atom is -0.311 e. The minimum atomic E-state index is -3.04. The molecule has 0 bridgehead atoms. The lowest BCUT2D eigenvalue weighted by molar-refractivity contribution is 1.23. The summed E-state index contributed by atoms with van der Waals surface area (Å²) in [6.07, 6.45) is 3.93. The van der Waals surface area contributed by atoms with Gasteiger partial charge in [-0.3, -0.25) is 4.98 Å². The summed E-state index contributed by atoms with van der Waals surface area (Å²) in [5, 5.41) is 5.65. The second-order valence-corrected chi connectivity index (χ2v) is 19.5. The Bertz CT molecular complexity index is 2980. The summed E-state index contributed by atoms with van der Waals surface area (Å²) in [7, 11) is -3.04.